The van der Waals surface area contributed by atoms with E-state index in [0.717, 1.165) is 38.5 Å². The van der Waals surface area contributed by atoms with E-state index in [1.165, 1.54) is 116 Å². The second kappa shape index (κ2) is 42.1. The van der Waals surface area contributed by atoms with Crippen LogP contribution in [0.4, 0.5) is 0 Å². The van der Waals surface area contributed by atoms with Crippen molar-refractivity contribution in [2.24, 2.45) is 0 Å². The lowest BCUT2D eigenvalue weighted by atomic mass is 10.0. The van der Waals surface area contributed by atoms with Crippen LogP contribution in [0.2, 0.25) is 0 Å². The van der Waals surface area contributed by atoms with Gasteiger partial charge in [-0.05, 0) is 12.8 Å². The van der Waals surface area contributed by atoms with Gasteiger partial charge < -0.3 is 44.3 Å². The number of esters is 2. The van der Waals surface area contributed by atoms with Crippen molar-refractivity contribution >= 4 is 19.8 Å². The lowest BCUT2D eigenvalue weighted by Crippen LogP contribution is -2.30. The van der Waals surface area contributed by atoms with E-state index in [-0.39, 0.29) is 45.9 Å². The fourth-order valence-electron chi connectivity index (χ4n) is 6.42. The van der Waals surface area contributed by atoms with Crippen LogP contribution >= 0.6 is 7.82 Å². The largest absolute Gasteiger partial charge is 0.472 e. The molecule has 0 spiro atoms. The summed E-state index contributed by atoms with van der Waals surface area (Å²) < 4.78 is 43.7. The zero-order valence-corrected chi connectivity index (χ0v) is 38.0. The van der Waals surface area contributed by atoms with Gasteiger partial charge in [0.15, 0.2) is 6.10 Å². The number of hydrogen-bond donors (Lipinski definition) is 5. The van der Waals surface area contributed by atoms with Gasteiger partial charge in [0.2, 0.25) is 0 Å². The number of phosphoric acid groups is 1. The van der Waals surface area contributed by atoms with Crippen LogP contribution < -0.4 is 0 Å². The molecule has 0 aliphatic carbocycles. The van der Waals surface area contributed by atoms with Crippen LogP contribution in [-0.2, 0) is 42.1 Å². The average molecular weight is 871 g/mol. The van der Waals surface area contributed by atoms with Crippen molar-refractivity contribution in [1.29, 1.82) is 0 Å². The molecular weight excluding hydrogens is 783 g/mol. The molecule has 0 aromatic heterocycles. The Bertz CT molecular complexity index is 989. The Balaban J connectivity index is 4.61. The first-order chi connectivity index (χ1) is 28.5. The summed E-state index contributed by atoms with van der Waals surface area (Å²) in [7, 11) is -4.73. The number of phosphoric ester groups is 1. The smallest absolute Gasteiger partial charge is 0.462 e. The quantitative estimate of drug-likeness (QED) is 0.0221. The molecule has 0 aliphatic rings. The van der Waals surface area contributed by atoms with E-state index in [1.54, 1.807) is 0 Å². The molecular formula is C44H87O14P. The lowest BCUT2D eigenvalue weighted by Gasteiger charge is -2.20. The van der Waals surface area contributed by atoms with Gasteiger partial charge >= 0.3 is 19.8 Å². The monoisotopic (exact) mass is 871 g/mol. The van der Waals surface area contributed by atoms with Crippen LogP contribution in [-0.4, -0.2) is 115 Å². The van der Waals surface area contributed by atoms with Gasteiger partial charge in [-0.2, -0.15) is 0 Å². The fourth-order valence-corrected chi connectivity index (χ4v) is 7.21. The highest BCUT2D eigenvalue weighted by Gasteiger charge is 2.27. The van der Waals surface area contributed by atoms with Crippen LogP contribution in [0.15, 0.2) is 0 Å². The first kappa shape index (κ1) is 57.8. The topological polar surface area (TPSA) is 208 Å². The molecule has 5 N–H and O–H groups in total. The normalized spacial score (nSPS) is 14.8. The summed E-state index contributed by atoms with van der Waals surface area (Å²) in [5, 5.41) is 38.0. The van der Waals surface area contributed by atoms with Crippen LogP contribution in [0.25, 0.3) is 0 Å². The Morgan fingerprint density at radius 2 is 0.797 bits per heavy atom. The maximum atomic E-state index is 12.7. The summed E-state index contributed by atoms with van der Waals surface area (Å²) in [5.41, 5.74) is 0. The highest BCUT2D eigenvalue weighted by Crippen LogP contribution is 2.43. The number of aliphatic hydroxyl groups is 4. The van der Waals surface area contributed by atoms with Gasteiger partial charge in [0.25, 0.3) is 0 Å². The third kappa shape index (κ3) is 41.9. The van der Waals surface area contributed by atoms with Gasteiger partial charge in [0.05, 0.1) is 46.2 Å². The molecule has 0 aliphatic heterocycles. The third-order valence-electron chi connectivity index (χ3n) is 10.0. The van der Waals surface area contributed by atoms with Crippen molar-refractivity contribution in [3.8, 4) is 0 Å². The van der Waals surface area contributed by atoms with E-state index in [2.05, 4.69) is 13.8 Å². The summed E-state index contributed by atoms with van der Waals surface area (Å²) in [5.74, 6) is -0.968. The Hall–Kier alpha value is -1.19. The number of unbranched alkanes of at least 4 members (excludes halogenated alkanes) is 24. The van der Waals surface area contributed by atoms with Gasteiger partial charge in [0.1, 0.15) is 24.9 Å². The Morgan fingerprint density at radius 1 is 0.458 bits per heavy atom. The zero-order valence-electron chi connectivity index (χ0n) is 37.1. The number of carbonyl (C=O) groups is 2. The molecule has 15 heteroatoms. The highest BCUT2D eigenvalue weighted by molar-refractivity contribution is 7.47. The van der Waals surface area contributed by atoms with Crippen molar-refractivity contribution in [3.63, 3.8) is 0 Å². The van der Waals surface area contributed by atoms with E-state index < -0.39 is 64.0 Å². The molecule has 59 heavy (non-hydrogen) atoms. The predicted octanol–water partition coefficient (Wildman–Crippen LogP) is 8.65. The number of carbonyl (C=O) groups excluding carboxylic acids is 2. The van der Waals surface area contributed by atoms with Crippen molar-refractivity contribution < 1.29 is 67.5 Å². The summed E-state index contributed by atoms with van der Waals surface area (Å²) in [6.07, 6.45) is 26.5. The third-order valence-corrected chi connectivity index (χ3v) is 11.0. The van der Waals surface area contributed by atoms with Crippen molar-refractivity contribution in [2.75, 3.05) is 52.9 Å². The molecule has 0 aromatic carbocycles. The fraction of sp³-hybridized carbons (Fsp3) is 0.955. The molecule has 0 bridgehead atoms. The first-order valence-corrected chi connectivity index (χ1v) is 24.8. The molecule has 0 heterocycles. The number of rotatable bonds is 46. The van der Waals surface area contributed by atoms with Crippen molar-refractivity contribution in [3.05, 3.63) is 0 Å². The maximum absolute atomic E-state index is 12.7. The second-order valence-electron chi connectivity index (χ2n) is 16.1. The number of ether oxygens (including phenoxy) is 4. The van der Waals surface area contributed by atoms with Crippen LogP contribution in [0.1, 0.15) is 194 Å². The first-order valence-electron chi connectivity index (χ1n) is 23.3. The summed E-state index contributed by atoms with van der Waals surface area (Å²) in [6, 6.07) is 0. The van der Waals surface area contributed by atoms with Gasteiger partial charge in [-0.25, -0.2) is 4.57 Å². The summed E-state index contributed by atoms with van der Waals surface area (Å²) >= 11 is 0. The lowest BCUT2D eigenvalue weighted by molar-refractivity contribution is -0.161. The minimum atomic E-state index is -4.73. The molecule has 1 unspecified atom stereocenters. The van der Waals surface area contributed by atoms with Crippen LogP contribution in [0.3, 0.4) is 0 Å². The summed E-state index contributed by atoms with van der Waals surface area (Å²) in [6.45, 7) is 1.51. The summed E-state index contributed by atoms with van der Waals surface area (Å²) in [4.78, 5) is 35.5. The molecule has 352 valence electrons. The van der Waals surface area contributed by atoms with Crippen molar-refractivity contribution in [2.45, 2.75) is 218 Å². The van der Waals surface area contributed by atoms with E-state index >= 15 is 0 Å². The Kier molecular flexibility index (Phi) is 41.3. The molecule has 0 aromatic rings. The molecule has 0 rings (SSSR count). The Morgan fingerprint density at radius 3 is 1.20 bits per heavy atom. The van der Waals surface area contributed by atoms with E-state index in [9.17, 15) is 34.4 Å². The Labute approximate surface area is 357 Å². The predicted molar refractivity (Wildman–Crippen MR) is 230 cm³/mol. The van der Waals surface area contributed by atoms with E-state index in [0.29, 0.717) is 12.8 Å². The zero-order chi connectivity index (χ0) is 43.7. The average Bonchev–Trinajstić information content (AvgIpc) is 3.21. The van der Waals surface area contributed by atoms with Gasteiger partial charge in [-0.1, -0.05) is 168 Å². The molecule has 14 nitrogen and oxygen atoms in total. The van der Waals surface area contributed by atoms with E-state index in [1.807, 2.05) is 0 Å². The van der Waals surface area contributed by atoms with Crippen LogP contribution in [0, 0.1) is 0 Å². The van der Waals surface area contributed by atoms with E-state index in [4.69, 9.17) is 33.1 Å². The minimum Gasteiger partial charge on any atom is -0.462 e. The number of hydrogen-bond acceptors (Lipinski definition) is 13. The molecule has 5 atom stereocenters. The molecule has 0 fully saturated rings. The maximum Gasteiger partial charge on any atom is 0.472 e. The molecule has 0 amide bonds. The second-order valence-corrected chi connectivity index (χ2v) is 17.5. The van der Waals surface area contributed by atoms with Crippen molar-refractivity contribution in [1.82, 2.24) is 0 Å². The van der Waals surface area contributed by atoms with Gasteiger partial charge in [-0.15, -0.1) is 0 Å². The SMILES string of the molecule is CCCCCCCCCCCCCCCC(=O)OC[C@H](COP(=O)(O)OC[C@@H](O)COC[C@@H](O)COC[C@@H](O)CO)OC(=O)CCCCCCCCCCCCCCC. The standard InChI is InChI=1S/C44H87O14P/c1-3-5-7-9-11-13-15-17-19-21-23-25-27-29-43(49)55-37-42(58-44(50)30-28-26-24-22-20-18-16-14-12-10-8-6-4-2)38-57-59(51,52)56-36-41(48)35-54-34-40(47)33-53-32-39(46)31-45/h39-42,45-48H,3-38H2,1-2H3,(H,51,52)/t39-,40-,41-,42+/m0/s1. The highest BCUT2D eigenvalue weighted by atomic mass is 31.2. The molecule has 0 saturated heterocycles. The van der Waals surface area contributed by atoms with Crippen LogP contribution in [0.5, 0.6) is 0 Å². The molecule has 0 radical (unpaired) electrons. The van der Waals surface area contributed by atoms with Gasteiger partial charge in [0, 0.05) is 12.8 Å². The number of aliphatic hydroxyl groups excluding tert-OH is 4. The van der Waals surface area contributed by atoms with Gasteiger partial charge in [-0.3, -0.25) is 18.6 Å². The molecule has 0 saturated carbocycles. The minimum absolute atomic E-state index is 0.159.